The average molecular weight is 257 g/mol. The minimum atomic E-state index is -0.644. The van der Waals surface area contributed by atoms with Crippen LogP contribution in [0.25, 0.3) is 5.57 Å². The van der Waals surface area contributed by atoms with E-state index in [0.29, 0.717) is 12.1 Å². The van der Waals surface area contributed by atoms with Gasteiger partial charge >= 0.3 is 0 Å². The van der Waals surface area contributed by atoms with Crippen molar-refractivity contribution in [3.8, 4) is 0 Å². The van der Waals surface area contributed by atoms with Gasteiger partial charge in [-0.2, -0.15) is 0 Å². The Morgan fingerprint density at radius 3 is 2.32 bits per heavy atom. The molecule has 2 atom stereocenters. The van der Waals surface area contributed by atoms with Crippen molar-refractivity contribution >= 4 is 5.57 Å². The summed E-state index contributed by atoms with van der Waals surface area (Å²) in [5.41, 5.74) is 2.65. The lowest BCUT2D eigenvalue weighted by molar-refractivity contribution is -0.0358. The van der Waals surface area contributed by atoms with Crippen molar-refractivity contribution in [1.82, 2.24) is 5.32 Å². The van der Waals surface area contributed by atoms with Crippen LogP contribution in [0.3, 0.4) is 0 Å². The van der Waals surface area contributed by atoms with Crippen molar-refractivity contribution in [3.63, 3.8) is 0 Å². The number of fused-ring (bicyclic) bond motifs is 2. The lowest BCUT2D eigenvalue weighted by atomic mass is 9.74. The molecular formula is C17H23NO. The minimum absolute atomic E-state index is 0.485. The molecule has 2 aliphatic heterocycles. The Labute approximate surface area is 115 Å². The molecule has 2 saturated heterocycles. The van der Waals surface area contributed by atoms with E-state index in [9.17, 15) is 5.11 Å². The van der Waals surface area contributed by atoms with Crippen LogP contribution in [0.15, 0.2) is 30.8 Å². The molecule has 102 valence electrons. The highest BCUT2D eigenvalue weighted by molar-refractivity contribution is 5.61. The molecule has 0 spiro atoms. The van der Waals surface area contributed by atoms with Gasteiger partial charge in [0, 0.05) is 12.1 Å². The van der Waals surface area contributed by atoms with Crippen LogP contribution in [0.1, 0.15) is 50.2 Å². The minimum Gasteiger partial charge on any atom is -0.385 e. The third-order valence-electron chi connectivity index (χ3n) is 4.66. The van der Waals surface area contributed by atoms with Gasteiger partial charge in [0.2, 0.25) is 0 Å². The summed E-state index contributed by atoms with van der Waals surface area (Å²) >= 11 is 0. The fourth-order valence-electron chi connectivity index (χ4n) is 3.63. The standard InChI is InChI=1S/C17H23NO/c1-12(2)13-6-8-14(9-7-13)17(19)10-15-4-3-5-16(11-17)18-15/h6-9,15-16,18-19H,1,3-5,10-11H2,2H3. The molecule has 0 aliphatic carbocycles. The second kappa shape index (κ2) is 4.77. The van der Waals surface area contributed by atoms with Crippen molar-refractivity contribution in [2.75, 3.05) is 0 Å². The van der Waals surface area contributed by atoms with E-state index >= 15 is 0 Å². The lowest BCUT2D eigenvalue weighted by Gasteiger charge is -2.45. The summed E-state index contributed by atoms with van der Waals surface area (Å²) in [6, 6.07) is 9.27. The highest BCUT2D eigenvalue weighted by Crippen LogP contribution is 2.39. The largest absolute Gasteiger partial charge is 0.385 e. The maximum Gasteiger partial charge on any atom is 0.0926 e. The molecule has 2 fully saturated rings. The van der Waals surface area contributed by atoms with Gasteiger partial charge in [0.1, 0.15) is 0 Å². The summed E-state index contributed by atoms with van der Waals surface area (Å²) in [6.45, 7) is 5.97. The molecule has 19 heavy (non-hydrogen) atoms. The van der Waals surface area contributed by atoms with Gasteiger partial charge < -0.3 is 10.4 Å². The third kappa shape index (κ3) is 2.47. The fourth-order valence-corrected chi connectivity index (χ4v) is 3.63. The van der Waals surface area contributed by atoms with Crippen LogP contribution in [0, 0.1) is 0 Å². The number of hydrogen-bond acceptors (Lipinski definition) is 2. The van der Waals surface area contributed by atoms with E-state index in [1.807, 2.05) is 6.92 Å². The van der Waals surface area contributed by atoms with Crippen LogP contribution < -0.4 is 5.32 Å². The summed E-state index contributed by atoms with van der Waals surface area (Å²) in [7, 11) is 0. The van der Waals surface area contributed by atoms with Crippen LogP contribution in [0.4, 0.5) is 0 Å². The molecule has 1 aromatic rings. The monoisotopic (exact) mass is 257 g/mol. The summed E-state index contributed by atoms with van der Waals surface area (Å²) in [5.74, 6) is 0. The number of hydrogen-bond donors (Lipinski definition) is 2. The quantitative estimate of drug-likeness (QED) is 0.852. The van der Waals surface area contributed by atoms with E-state index in [-0.39, 0.29) is 0 Å². The van der Waals surface area contributed by atoms with Crippen LogP contribution in [-0.2, 0) is 5.60 Å². The highest BCUT2D eigenvalue weighted by atomic mass is 16.3. The Balaban J connectivity index is 1.85. The molecule has 2 nitrogen and oxygen atoms in total. The number of aliphatic hydroxyl groups is 1. The summed E-state index contributed by atoms with van der Waals surface area (Å²) in [5, 5.41) is 14.6. The van der Waals surface area contributed by atoms with Crippen LogP contribution >= 0.6 is 0 Å². The van der Waals surface area contributed by atoms with Crippen molar-refractivity contribution in [3.05, 3.63) is 42.0 Å². The summed E-state index contributed by atoms with van der Waals surface area (Å²) in [4.78, 5) is 0. The van der Waals surface area contributed by atoms with E-state index in [0.717, 1.165) is 29.5 Å². The summed E-state index contributed by atoms with van der Waals surface area (Å²) < 4.78 is 0. The fraction of sp³-hybridized carbons (Fsp3) is 0.529. The van der Waals surface area contributed by atoms with Crippen LogP contribution in [-0.4, -0.2) is 17.2 Å². The van der Waals surface area contributed by atoms with Gasteiger partial charge in [0.15, 0.2) is 0 Å². The number of allylic oxidation sites excluding steroid dienone is 1. The Bertz CT molecular complexity index is 465. The highest BCUT2D eigenvalue weighted by Gasteiger charge is 2.41. The molecule has 0 amide bonds. The Morgan fingerprint density at radius 1 is 1.21 bits per heavy atom. The van der Waals surface area contributed by atoms with Crippen molar-refractivity contribution in [1.29, 1.82) is 0 Å². The first-order valence-electron chi connectivity index (χ1n) is 7.32. The first-order valence-corrected chi connectivity index (χ1v) is 7.32. The maximum absolute atomic E-state index is 11.0. The Kier molecular flexibility index (Phi) is 3.23. The zero-order valence-corrected chi connectivity index (χ0v) is 11.7. The van der Waals surface area contributed by atoms with Gasteiger partial charge in [-0.25, -0.2) is 0 Å². The molecule has 2 unspecified atom stereocenters. The second-order valence-corrected chi connectivity index (χ2v) is 6.29. The molecule has 2 N–H and O–H groups in total. The molecule has 0 saturated carbocycles. The normalized spacial score (nSPS) is 34.0. The van der Waals surface area contributed by atoms with Crippen molar-refractivity contribution < 1.29 is 5.11 Å². The van der Waals surface area contributed by atoms with E-state index in [4.69, 9.17) is 0 Å². The van der Waals surface area contributed by atoms with Crippen LogP contribution in [0.5, 0.6) is 0 Å². The topological polar surface area (TPSA) is 32.3 Å². The van der Waals surface area contributed by atoms with Crippen LogP contribution in [0.2, 0.25) is 0 Å². The number of rotatable bonds is 2. The van der Waals surface area contributed by atoms with E-state index in [1.165, 1.54) is 19.3 Å². The molecule has 1 aromatic carbocycles. The first-order chi connectivity index (χ1) is 9.07. The molecule has 2 bridgehead atoms. The molecule has 2 heteroatoms. The number of benzene rings is 1. The van der Waals surface area contributed by atoms with Crippen molar-refractivity contribution in [2.24, 2.45) is 0 Å². The zero-order chi connectivity index (χ0) is 13.5. The van der Waals surface area contributed by atoms with Gasteiger partial charge in [-0.15, -0.1) is 0 Å². The first kappa shape index (κ1) is 12.9. The molecule has 3 rings (SSSR count). The lowest BCUT2D eigenvalue weighted by Crippen LogP contribution is -2.54. The van der Waals surface area contributed by atoms with Gasteiger partial charge in [-0.1, -0.05) is 42.8 Å². The van der Waals surface area contributed by atoms with E-state index < -0.39 is 5.60 Å². The molecule has 0 radical (unpaired) electrons. The number of piperidine rings is 2. The summed E-state index contributed by atoms with van der Waals surface area (Å²) in [6.07, 6.45) is 5.38. The third-order valence-corrected chi connectivity index (χ3v) is 4.66. The van der Waals surface area contributed by atoms with E-state index in [1.54, 1.807) is 0 Å². The second-order valence-electron chi connectivity index (χ2n) is 6.29. The smallest absolute Gasteiger partial charge is 0.0926 e. The Hall–Kier alpha value is -1.12. The molecular weight excluding hydrogens is 234 g/mol. The Morgan fingerprint density at radius 2 is 1.79 bits per heavy atom. The zero-order valence-electron chi connectivity index (χ0n) is 11.7. The van der Waals surface area contributed by atoms with Gasteiger partial charge in [-0.05, 0) is 43.7 Å². The van der Waals surface area contributed by atoms with Gasteiger partial charge in [-0.3, -0.25) is 0 Å². The number of nitrogens with one attached hydrogen (secondary N) is 1. The van der Waals surface area contributed by atoms with Gasteiger partial charge in [0.25, 0.3) is 0 Å². The van der Waals surface area contributed by atoms with Crippen molar-refractivity contribution in [2.45, 2.75) is 56.7 Å². The maximum atomic E-state index is 11.0. The molecule has 2 aliphatic rings. The average Bonchev–Trinajstić information content (AvgIpc) is 2.38. The molecule has 2 heterocycles. The SMILES string of the molecule is C=C(C)c1ccc(C2(O)CC3CCCC(C2)N3)cc1. The predicted molar refractivity (Wildman–Crippen MR) is 78.8 cm³/mol. The van der Waals surface area contributed by atoms with Gasteiger partial charge in [0.05, 0.1) is 5.60 Å². The van der Waals surface area contributed by atoms with E-state index in [2.05, 4.69) is 36.2 Å². The predicted octanol–water partition coefficient (Wildman–Crippen LogP) is 3.21. The molecule has 0 aromatic heterocycles.